The molecule has 0 fully saturated rings. The average molecular weight is 273 g/mol. The molecule has 0 unspecified atom stereocenters. The maximum Gasteiger partial charge on any atom is 0.173 e. The smallest absolute Gasteiger partial charge is 0.173 e. The predicted molar refractivity (Wildman–Crippen MR) is 69.4 cm³/mol. The standard InChI is InChI=1S/C11H10Cl2N2S/c12-7-1-2-10-14-11(15-16-10)8-3-5-9(13)6-4-8/h3-6H,1-2,7H2. The van der Waals surface area contributed by atoms with E-state index >= 15 is 0 Å². The minimum atomic E-state index is 0.663. The molecule has 1 aromatic carbocycles. The first-order chi connectivity index (χ1) is 7.79. The Hall–Kier alpha value is -0.640. The molecule has 0 saturated carbocycles. The van der Waals surface area contributed by atoms with Crippen LogP contribution in [0.4, 0.5) is 0 Å². The number of halogens is 2. The van der Waals surface area contributed by atoms with Gasteiger partial charge in [0, 0.05) is 22.9 Å². The van der Waals surface area contributed by atoms with Crippen molar-refractivity contribution in [3.8, 4) is 11.4 Å². The van der Waals surface area contributed by atoms with Crippen LogP contribution in [0.1, 0.15) is 11.4 Å². The van der Waals surface area contributed by atoms with Gasteiger partial charge in [0.05, 0.1) is 0 Å². The lowest BCUT2D eigenvalue weighted by molar-refractivity contribution is 0.916. The van der Waals surface area contributed by atoms with Gasteiger partial charge in [-0.25, -0.2) is 4.98 Å². The molecule has 5 heteroatoms. The van der Waals surface area contributed by atoms with Crippen LogP contribution in [0.2, 0.25) is 5.02 Å². The first kappa shape index (κ1) is 11.8. The van der Waals surface area contributed by atoms with Crippen molar-refractivity contribution in [3.63, 3.8) is 0 Å². The van der Waals surface area contributed by atoms with Gasteiger partial charge in [0.1, 0.15) is 5.01 Å². The normalized spacial score (nSPS) is 10.6. The first-order valence-corrected chi connectivity index (χ1v) is 6.62. The lowest BCUT2D eigenvalue weighted by atomic mass is 10.2. The fourth-order valence-electron chi connectivity index (χ4n) is 1.29. The van der Waals surface area contributed by atoms with Crippen molar-refractivity contribution in [2.24, 2.45) is 0 Å². The molecule has 2 rings (SSSR count). The van der Waals surface area contributed by atoms with E-state index in [1.165, 1.54) is 11.5 Å². The van der Waals surface area contributed by atoms with Gasteiger partial charge in [0.25, 0.3) is 0 Å². The topological polar surface area (TPSA) is 25.8 Å². The Morgan fingerprint density at radius 3 is 2.62 bits per heavy atom. The summed E-state index contributed by atoms with van der Waals surface area (Å²) in [4.78, 5) is 4.45. The summed E-state index contributed by atoms with van der Waals surface area (Å²) in [6.07, 6.45) is 1.84. The van der Waals surface area contributed by atoms with Crippen LogP contribution in [-0.2, 0) is 6.42 Å². The largest absolute Gasteiger partial charge is 0.220 e. The van der Waals surface area contributed by atoms with E-state index in [9.17, 15) is 0 Å². The fourth-order valence-corrected chi connectivity index (χ4v) is 2.25. The van der Waals surface area contributed by atoms with E-state index in [1.807, 2.05) is 24.3 Å². The summed E-state index contributed by atoms with van der Waals surface area (Å²) in [5.41, 5.74) is 0.998. The Kier molecular flexibility index (Phi) is 4.16. The van der Waals surface area contributed by atoms with Crippen molar-refractivity contribution in [2.45, 2.75) is 12.8 Å². The molecule has 0 N–H and O–H groups in total. The van der Waals surface area contributed by atoms with Gasteiger partial charge in [0.2, 0.25) is 0 Å². The van der Waals surface area contributed by atoms with Gasteiger partial charge >= 0.3 is 0 Å². The molecule has 0 atom stereocenters. The van der Waals surface area contributed by atoms with Crippen LogP contribution in [0.3, 0.4) is 0 Å². The van der Waals surface area contributed by atoms with E-state index in [1.54, 1.807) is 0 Å². The summed E-state index contributed by atoms with van der Waals surface area (Å²) in [6.45, 7) is 0. The third kappa shape index (κ3) is 2.94. The monoisotopic (exact) mass is 272 g/mol. The molecule has 1 aromatic heterocycles. The zero-order chi connectivity index (χ0) is 11.4. The van der Waals surface area contributed by atoms with Gasteiger partial charge < -0.3 is 0 Å². The van der Waals surface area contributed by atoms with Crippen LogP contribution < -0.4 is 0 Å². The Morgan fingerprint density at radius 2 is 1.94 bits per heavy atom. The maximum absolute atomic E-state index is 5.82. The third-order valence-electron chi connectivity index (χ3n) is 2.09. The van der Waals surface area contributed by atoms with Crippen LogP contribution in [0.25, 0.3) is 11.4 Å². The second kappa shape index (κ2) is 5.62. The van der Waals surface area contributed by atoms with Crippen LogP contribution >= 0.6 is 34.7 Å². The number of hydrogen-bond acceptors (Lipinski definition) is 3. The fraction of sp³-hybridized carbons (Fsp3) is 0.273. The Morgan fingerprint density at radius 1 is 1.19 bits per heavy atom. The van der Waals surface area contributed by atoms with Crippen LogP contribution in [0.5, 0.6) is 0 Å². The zero-order valence-electron chi connectivity index (χ0n) is 8.49. The molecule has 0 saturated heterocycles. The van der Waals surface area contributed by atoms with E-state index in [0.717, 1.165) is 34.3 Å². The summed E-state index contributed by atoms with van der Waals surface area (Å²) in [5.74, 6) is 1.43. The minimum Gasteiger partial charge on any atom is -0.220 e. The quantitative estimate of drug-likeness (QED) is 0.786. The van der Waals surface area contributed by atoms with Crippen LogP contribution in [0.15, 0.2) is 24.3 Å². The van der Waals surface area contributed by atoms with Crippen molar-refractivity contribution < 1.29 is 0 Å². The maximum atomic E-state index is 5.82. The van der Waals surface area contributed by atoms with Gasteiger partial charge in [-0.15, -0.1) is 11.6 Å². The Bertz CT molecular complexity index is 453. The molecular formula is C11H10Cl2N2S. The van der Waals surface area contributed by atoms with E-state index in [-0.39, 0.29) is 0 Å². The molecule has 2 aromatic rings. The van der Waals surface area contributed by atoms with Gasteiger partial charge in [-0.3, -0.25) is 0 Å². The van der Waals surface area contributed by atoms with E-state index < -0.39 is 0 Å². The number of rotatable bonds is 4. The van der Waals surface area contributed by atoms with Crippen molar-refractivity contribution in [1.29, 1.82) is 0 Å². The average Bonchev–Trinajstić information content (AvgIpc) is 2.76. The van der Waals surface area contributed by atoms with E-state index in [4.69, 9.17) is 23.2 Å². The molecule has 0 bridgehead atoms. The van der Waals surface area contributed by atoms with Crippen LogP contribution in [0, 0.1) is 0 Å². The second-order valence-electron chi connectivity index (χ2n) is 3.31. The van der Waals surface area contributed by atoms with Gasteiger partial charge in [-0.2, -0.15) is 4.37 Å². The number of nitrogens with zero attached hydrogens (tertiary/aromatic N) is 2. The molecular weight excluding hydrogens is 263 g/mol. The SMILES string of the molecule is ClCCCc1nc(-c2ccc(Cl)cc2)ns1. The molecule has 0 aliphatic carbocycles. The van der Waals surface area contributed by atoms with Crippen molar-refractivity contribution in [1.82, 2.24) is 9.36 Å². The van der Waals surface area contributed by atoms with Gasteiger partial charge in [0.15, 0.2) is 5.82 Å². The zero-order valence-corrected chi connectivity index (χ0v) is 10.8. The predicted octanol–water partition coefficient (Wildman–Crippen LogP) is 4.03. The highest BCUT2D eigenvalue weighted by Gasteiger charge is 2.05. The Balaban J connectivity index is 2.15. The molecule has 16 heavy (non-hydrogen) atoms. The first-order valence-electron chi connectivity index (χ1n) is 4.94. The summed E-state index contributed by atoms with van der Waals surface area (Å²) in [7, 11) is 0. The Labute approximate surface area is 108 Å². The lowest BCUT2D eigenvalue weighted by Crippen LogP contribution is -1.85. The summed E-state index contributed by atoms with van der Waals surface area (Å²) < 4.78 is 4.31. The molecule has 2 nitrogen and oxygen atoms in total. The van der Waals surface area contributed by atoms with Crippen LogP contribution in [-0.4, -0.2) is 15.2 Å². The van der Waals surface area contributed by atoms with Gasteiger partial charge in [-0.05, 0) is 42.2 Å². The molecule has 84 valence electrons. The number of hydrogen-bond donors (Lipinski definition) is 0. The van der Waals surface area contributed by atoms with Crippen molar-refractivity contribution in [3.05, 3.63) is 34.3 Å². The highest BCUT2D eigenvalue weighted by molar-refractivity contribution is 7.05. The summed E-state index contributed by atoms with van der Waals surface area (Å²) >= 11 is 12.9. The number of aromatic nitrogens is 2. The minimum absolute atomic E-state index is 0.663. The molecule has 0 spiro atoms. The number of aryl methyl sites for hydroxylation is 1. The molecule has 0 amide bonds. The molecule has 1 heterocycles. The number of alkyl halides is 1. The van der Waals surface area contributed by atoms with Crippen molar-refractivity contribution in [2.75, 3.05) is 5.88 Å². The molecule has 0 aliphatic heterocycles. The third-order valence-corrected chi connectivity index (χ3v) is 3.38. The summed E-state index contributed by atoms with van der Waals surface area (Å²) in [6, 6.07) is 7.54. The molecule has 0 radical (unpaired) electrons. The lowest BCUT2D eigenvalue weighted by Gasteiger charge is -1.94. The highest BCUT2D eigenvalue weighted by atomic mass is 35.5. The second-order valence-corrected chi connectivity index (χ2v) is 4.96. The van der Waals surface area contributed by atoms with E-state index in [0.29, 0.717) is 5.88 Å². The van der Waals surface area contributed by atoms with E-state index in [2.05, 4.69) is 9.36 Å². The van der Waals surface area contributed by atoms with Gasteiger partial charge in [-0.1, -0.05) is 11.6 Å². The highest BCUT2D eigenvalue weighted by Crippen LogP contribution is 2.20. The summed E-state index contributed by atoms with van der Waals surface area (Å²) in [5, 5.41) is 1.76. The molecule has 0 aliphatic rings. The van der Waals surface area contributed by atoms with Crippen molar-refractivity contribution >= 4 is 34.7 Å². The number of benzene rings is 1.